The van der Waals surface area contributed by atoms with E-state index in [9.17, 15) is 18.0 Å². The summed E-state index contributed by atoms with van der Waals surface area (Å²) >= 11 is 0. The van der Waals surface area contributed by atoms with Crippen LogP contribution in [0.3, 0.4) is 0 Å². The lowest BCUT2D eigenvalue weighted by atomic mass is 9.92. The van der Waals surface area contributed by atoms with Gasteiger partial charge in [-0.3, -0.25) is 23.6 Å². The highest BCUT2D eigenvalue weighted by atomic mass is 32.2. The molecule has 2 aromatic carbocycles. The maximum atomic E-state index is 14.9. The first kappa shape index (κ1) is 32.8. The first-order chi connectivity index (χ1) is 24.1. The number of pyridine rings is 1. The standard InChI is InChI=1S/C36H35N9O4S/c1-4-39-50(48,49)42-33-31(34-37-19-10-20-44(34)41-33)35(46)40-23(2)32-28-14-9-8-11-25-17-18-26(16-15-24-21-38-43(3)22-24)30(29(25)28)36(47)45(32)27-12-6-5-7-13-27/h5-7,10,12-13,17-23,39H,4,8-9,11,14H2,1-3H3,(H,40,46)(H,41,42)/t23-/m1/s1. The van der Waals surface area contributed by atoms with Gasteiger partial charge >= 0.3 is 0 Å². The summed E-state index contributed by atoms with van der Waals surface area (Å²) in [5.74, 6) is 5.63. The molecule has 50 heavy (non-hydrogen) atoms. The number of carbonyl (C=O) groups excluding carboxylic acids is 1. The van der Waals surface area contributed by atoms with Gasteiger partial charge in [-0.2, -0.15) is 18.2 Å². The van der Waals surface area contributed by atoms with E-state index >= 15 is 0 Å². The number of nitrogens with one attached hydrogen (secondary N) is 3. The minimum Gasteiger partial charge on any atom is -0.344 e. The minimum atomic E-state index is -4.02. The number of carbonyl (C=O) groups is 1. The molecule has 1 aliphatic carbocycles. The Balaban J connectivity index is 1.41. The summed E-state index contributed by atoms with van der Waals surface area (Å²) in [5, 5.41) is 13.0. The van der Waals surface area contributed by atoms with Gasteiger partial charge < -0.3 is 5.32 Å². The molecule has 0 saturated heterocycles. The minimum absolute atomic E-state index is 0.0483. The van der Waals surface area contributed by atoms with Gasteiger partial charge in [0.05, 0.1) is 28.9 Å². The molecule has 3 N–H and O–H groups in total. The topological polar surface area (TPSA) is 157 Å². The second-order valence-electron chi connectivity index (χ2n) is 12.1. The van der Waals surface area contributed by atoms with Crippen molar-refractivity contribution in [2.24, 2.45) is 7.05 Å². The van der Waals surface area contributed by atoms with E-state index in [0.717, 1.165) is 41.3 Å². The molecule has 0 spiro atoms. The average Bonchev–Trinajstić information content (AvgIpc) is 3.60. The third-order valence-electron chi connectivity index (χ3n) is 8.69. The number of hydrogen-bond donors (Lipinski definition) is 3. The molecule has 7 rings (SSSR count). The van der Waals surface area contributed by atoms with Crippen LogP contribution in [-0.2, 0) is 30.1 Å². The molecule has 14 heteroatoms. The van der Waals surface area contributed by atoms with Crippen LogP contribution in [0.2, 0.25) is 0 Å². The van der Waals surface area contributed by atoms with Gasteiger partial charge in [-0.05, 0) is 73.4 Å². The maximum Gasteiger partial charge on any atom is 0.300 e. The lowest BCUT2D eigenvalue weighted by Gasteiger charge is -2.25. The van der Waals surface area contributed by atoms with Gasteiger partial charge in [-0.15, -0.1) is 5.10 Å². The lowest BCUT2D eigenvalue weighted by Crippen LogP contribution is -2.35. The monoisotopic (exact) mass is 689 g/mol. The van der Waals surface area contributed by atoms with Crippen LogP contribution in [0.15, 0.2) is 78.1 Å². The van der Waals surface area contributed by atoms with Gasteiger partial charge in [0.2, 0.25) is 0 Å². The molecule has 1 atom stereocenters. The highest BCUT2D eigenvalue weighted by Crippen LogP contribution is 2.35. The molecule has 1 amide bonds. The van der Waals surface area contributed by atoms with E-state index in [1.807, 2.05) is 56.6 Å². The molecular weight excluding hydrogens is 655 g/mol. The summed E-state index contributed by atoms with van der Waals surface area (Å²) in [7, 11) is -2.20. The number of fused-ring (bicyclic) bond motifs is 1. The molecule has 6 aromatic rings. The summed E-state index contributed by atoms with van der Waals surface area (Å²) in [6, 6.07) is 14.2. The maximum absolute atomic E-state index is 14.9. The molecular formula is C36H35N9O4S. The van der Waals surface area contributed by atoms with Gasteiger partial charge in [-0.1, -0.05) is 43.0 Å². The Labute approximate surface area is 288 Å². The van der Waals surface area contributed by atoms with Crippen molar-refractivity contribution in [1.82, 2.24) is 39.0 Å². The molecule has 0 fully saturated rings. The van der Waals surface area contributed by atoms with E-state index in [-0.39, 0.29) is 29.1 Å². The zero-order valence-corrected chi connectivity index (χ0v) is 28.6. The Morgan fingerprint density at radius 3 is 2.60 bits per heavy atom. The SMILES string of the molecule is CCNS(=O)(=O)Nc1nn2cccnc2c1C(=O)N[C@H](C)c1c2c3c(ccc(C#Cc4cnn(C)c4)c3c(=O)n1-c1ccccc1)CCCC2. The fraction of sp³-hybridized carbons (Fsp3) is 0.250. The average molecular weight is 690 g/mol. The number of hydrogen-bond acceptors (Lipinski definition) is 7. The van der Waals surface area contributed by atoms with Crippen LogP contribution in [0.1, 0.15) is 71.0 Å². The zero-order valence-electron chi connectivity index (χ0n) is 27.8. The number of aromatic nitrogens is 6. The smallest absolute Gasteiger partial charge is 0.300 e. The van der Waals surface area contributed by atoms with Crippen LogP contribution in [0.4, 0.5) is 5.82 Å². The largest absolute Gasteiger partial charge is 0.344 e. The van der Waals surface area contributed by atoms with Crippen molar-refractivity contribution >= 4 is 38.4 Å². The normalized spacial score (nSPS) is 13.4. The van der Waals surface area contributed by atoms with Crippen LogP contribution >= 0.6 is 0 Å². The van der Waals surface area contributed by atoms with Crippen LogP contribution in [0.5, 0.6) is 0 Å². The van der Waals surface area contributed by atoms with Crippen LogP contribution in [-0.4, -0.2) is 49.8 Å². The van der Waals surface area contributed by atoms with Crippen molar-refractivity contribution in [2.45, 2.75) is 45.6 Å². The summed E-state index contributed by atoms with van der Waals surface area (Å²) in [5.41, 5.74) is 4.52. The molecule has 0 radical (unpaired) electrons. The van der Waals surface area contributed by atoms with Gasteiger partial charge in [0.25, 0.3) is 21.7 Å². The predicted molar refractivity (Wildman–Crippen MR) is 190 cm³/mol. The number of rotatable bonds is 8. The predicted octanol–water partition coefficient (Wildman–Crippen LogP) is 3.80. The molecule has 0 saturated carbocycles. The number of anilines is 1. The van der Waals surface area contributed by atoms with E-state index in [4.69, 9.17) is 0 Å². The Morgan fingerprint density at radius 2 is 1.84 bits per heavy atom. The van der Waals surface area contributed by atoms with E-state index in [0.29, 0.717) is 28.8 Å². The Kier molecular flexibility index (Phi) is 8.69. The second-order valence-corrected chi connectivity index (χ2v) is 13.6. The van der Waals surface area contributed by atoms with Gasteiger partial charge in [-0.25, -0.2) is 9.50 Å². The third-order valence-corrected chi connectivity index (χ3v) is 9.82. The van der Waals surface area contributed by atoms with Gasteiger partial charge in [0, 0.05) is 43.4 Å². The lowest BCUT2D eigenvalue weighted by molar-refractivity contribution is 0.0941. The first-order valence-corrected chi connectivity index (χ1v) is 17.8. The van der Waals surface area contributed by atoms with Crippen molar-refractivity contribution in [2.75, 3.05) is 11.3 Å². The second kappa shape index (κ2) is 13.3. The molecule has 0 unspecified atom stereocenters. The van der Waals surface area contributed by atoms with Crippen molar-refractivity contribution < 1.29 is 13.2 Å². The number of amides is 1. The number of para-hydroxylation sites is 1. The highest BCUT2D eigenvalue weighted by Gasteiger charge is 2.30. The molecule has 254 valence electrons. The van der Waals surface area contributed by atoms with Gasteiger partial charge in [0.15, 0.2) is 11.5 Å². The summed E-state index contributed by atoms with van der Waals surface area (Å²) in [4.78, 5) is 33.4. The quantitative estimate of drug-likeness (QED) is 0.205. The summed E-state index contributed by atoms with van der Waals surface area (Å²) in [6.07, 6.45) is 9.89. The highest BCUT2D eigenvalue weighted by molar-refractivity contribution is 7.90. The number of benzene rings is 2. The molecule has 4 aromatic heterocycles. The molecule has 0 bridgehead atoms. The van der Waals surface area contributed by atoms with Crippen molar-refractivity contribution in [3.05, 3.63) is 117 Å². The zero-order chi connectivity index (χ0) is 35.0. The van der Waals surface area contributed by atoms with E-state index in [1.54, 1.807) is 34.6 Å². The number of aryl methyl sites for hydroxylation is 3. The molecule has 13 nitrogen and oxygen atoms in total. The Hall–Kier alpha value is -5.78. The Bertz CT molecular complexity index is 2510. The fourth-order valence-corrected chi connectivity index (χ4v) is 7.50. The van der Waals surface area contributed by atoms with Crippen molar-refractivity contribution in [1.29, 1.82) is 0 Å². The van der Waals surface area contributed by atoms with Crippen molar-refractivity contribution in [3.63, 3.8) is 0 Å². The van der Waals surface area contributed by atoms with E-state index < -0.39 is 22.2 Å². The van der Waals surface area contributed by atoms with Crippen LogP contribution < -0.4 is 20.3 Å². The molecule has 0 aliphatic heterocycles. The van der Waals surface area contributed by atoms with E-state index in [1.165, 1.54) is 10.7 Å². The summed E-state index contributed by atoms with van der Waals surface area (Å²) < 4.78 is 34.8. The van der Waals surface area contributed by atoms with Crippen LogP contribution in [0, 0.1) is 11.8 Å². The van der Waals surface area contributed by atoms with Gasteiger partial charge in [0.1, 0.15) is 5.56 Å². The first-order valence-electron chi connectivity index (χ1n) is 16.4. The molecule has 4 heterocycles. The van der Waals surface area contributed by atoms with E-state index in [2.05, 4.69) is 47.8 Å². The number of nitrogens with zero attached hydrogens (tertiary/aromatic N) is 6. The fourth-order valence-electron chi connectivity index (χ4n) is 6.65. The summed E-state index contributed by atoms with van der Waals surface area (Å²) in [6.45, 7) is 3.61. The molecule has 1 aliphatic rings. The van der Waals surface area contributed by atoms with Crippen LogP contribution in [0.25, 0.3) is 22.1 Å². The van der Waals surface area contributed by atoms with Crippen molar-refractivity contribution in [3.8, 4) is 17.5 Å². The Morgan fingerprint density at radius 1 is 1.04 bits per heavy atom. The third kappa shape index (κ3) is 6.13.